The molecule has 3 saturated heterocycles. The molecule has 46 heavy (non-hydrogen) atoms. The number of pyridine rings is 1. The van der Waals surface area contributed by atoms with E-state index in [-0.39, 0.29) is 49.0 Å². The van der Waals surface area contributed by atoms with E-state index < -0.39 is 35.6 Å². The van der Waals surface area contributed by atoms with E-state index in [1.165, 1.54) is 12.3 Å². The Morgan fingerprint density at radius 1 is 1.13 bits per heavy atom. The van der Waals surface area contributed by atoms with Crippen LogP contribution >= 0.6 is 0 Å². The summed E-state index contributed by atoms with van der Waals surface area (Å²) in [5.41, 5.74) is 0.190. The van der Waals surface area contributed by atoms with Gasteiger partial charge in [-0.3, -0.25) is 9.88 Å². The molecule has 2 aromatic heterocycles. The number of ether oxygens (including phenoxy) is 3. The summed E-state index contributed by atoms with van der Waals surface area (Å²) in [5, 5.41) is 4.75. The Morgan fingerprint density at radius 3 is 2.96 bits per heavy atom. The molecule has 6 bridgehead atoms. The maximum Gasteiger partial charge on any atom is 0.508 e. The van der Waals surface area contributed by atoms with Gasteiger partial charge in [-0.2, -0.15) is 9.97 Å². The standard InChI is InChI=1S/C33H33F3N6O4/c34-20-13-33(8-2-10-42(33)16-20)18-45-31-39-29-24-15-38-28(27(29)36)23-4-1-3-19-5-6-25(35)22(26(19)23)7-12-44-32(43)46-21-14-37-9-11-41(17-21)30(24)40-31/h1,3-6,15,20-21,37H,2,7-14,16-18H2/t20-,21?,33+/m1/s1. The van der Waals surface area contributed by atoms with E-state index in [1.54, 1.807) is 18.2 Å². The molecule has 10 nitrogen and oxygen atoms in total. The first-order valence-corrected chi connectivity index (χ1v) is 15.8. The smallest absolute Gasteiger partial charge is 0.461 e. The van der Waals surface area contributed by atoms with E-state index in [1.807, 2.05) is 11.0 Å². The van der Waals surface area contributed by atoms with Crippen molar-refractivity contribution in [1.29, 1.82) is 0 Å². The molecule has 0 saturated carbocycles. The average Bonchev–Trinajstić information content (AvgIpc) is 3.47. The Bertz CT molecular complexity index is 1850. The van der Waals surface area contributed by atoms with Crippen LogP contribution in [0.5, 0.6) is 6.01 Å². The van der Waals surface area contributed by atoms with Crippen LogP contribution in [0.2, 0.25) is 0 Å². The number of fused-ring (bicyclic) bond motifs is 6. The number of carbonyl (C=O) groups excluding carboxylic acids is 1. The molecule has 4 aromatic rings. The predicted octanol–water partition coefficient (Wildman–Crippen LogP) is 4.57. The number of nitrogens with one attached hydrogen (secondary N) is 1. The zero-order valence-electron chi connectivity index (χ0n) is 25.1. The molecule has 0 aliphatic carbocycles. The SMILES string of the molecule is O=C1OCCc2c(F)ccc3cccc(c23)-c2ncc3c(nc(OC[C@@]45CCCN4C[C@H](F)C5)nc3c2F)N2CCNCC(C2)O1. The average molecular weight is 635 g/mol. The molecule has 3 fully saturated rings. The van der Waals surface area contributed by atoms with Crippen molar-refractivity contribution >= 4 is 33.6 Å². The summed E-state index contributed by atoms with van der Waals surface area (Å²) in [4.78, 5) is 30.6. The molecule has 240 valence electrons. The van der Waals surface area contributed by atoms with Crippen LogP contribution in [0.3, 0.4) is 0 Å². The van der Waals surface area contributed by atoms with Gasteiger partial charge in [-0.15, -0.1) is 0 Å². The largest absolute Gasteiger partial charge is 0.508 e. The fourth-order valence-electron chi connectivity index (χ4n) is 7.59. The van der Waals surface area contributed by atoms with Crippen LogP contribution in [-0.4, -0.2) is 96.3 Å². The van der Waals surface area contributed by atoms with Gasteiger partial charge in [0, 0.05) is 50.8 Å². The Hall–Kier alpha value is -4.23. The van der Waals surface area contributed by atoms with Crippen LogP contribution < -0.4 is 15.0 Å². The number of benzene rings is 2. The van der Waals surface area contributed by atoms with Gasteiger partial charge in [-0.05, 0) is 41.8 Å². The third-order valence-corrected chi connectivity index (χ3v) is 9.71. The van der Waals surface area contributed by atoms with Gasteiger partial charge in [0.15, 0.2) is 5.82 Å². The highest BCUT2D eigenvalue weighted by molar-refractivity contribution is 6.01. The maximum absolute atomic E-state index is 16.8. The van der Waals surface area contributed by atoms with E-state index in [0.717, 1.165) is 19.4 Å². The molecule has 5 aliphatic heterocycles. The van der Waals surface area contributed by atoms with Gasteiger partial charge in [0.2, 0.25) is 0 Å². The lowest BCUT2D eigenvalue weighted by atomic mass is 9.94. The van der Waals surface area contributed by atoms with Crippen LogP contribution in [0.4, 0.5) is 23.8 Å². The van der Waals surface area contributed by atoms with Gasteiger partial charge in [0.1, 0.15) is 41.7 Å². The number of hydrogen-bond donors (Lipinski definition) is 1. The van der Waals surface area contributed by atoms with Crippen molar-refractivity contribution in [3.63, 3.8) is 0 Å². The second-order valence-corrected chi connectivity index (χ2v) is 12.5. The topological polar surface area (TPSA) is 102 Å². The quantitative estimate of drug-likeness (QED) is 0.323. The molecule has 0 radical (unpaired) electrons. The highest BCUT2D eigenvalue weighted by atomic mass is 19.1. The van der Waals surface area contributed by atoms with Gasteiger partial charge in [0.25, 0.3) is 0 Å². The molecule has 9 rings (SSSR count). The summed E-state index contributed by atoms with van der Waals surface area (Å²) in [6.45, 7) is 2.81. The van der Waals surface area contributed by atoms with E-state index >= 15 is 8.78 Å². The molecule has 7 heterocycles. The van der Waals surface area contributed by atoms with Crippen molar-refractivity contribution in [3.8, 4) is 17.3 Å². The number of aromatic nitrogens is 3. The lowest BCUT2D eigenvalue weighted by Gasteiger charge is -2.31. The van der Waals surface area contributed by atoms with E-state index in [0.29, 0.717) is 60.1 Å². The van der Waals surface area contributed by atoms with Gasteiger partial charge >= 0.3 is 12.2 Å². The molecule has 0 amide bonds. The van der Waals surface area contributed by atoms with Crippen molar-refractivity contribution < 1.29 is 32.2 Å². The minimum absolute atomic E-state index is 0.00000706. The van der Waals surface area contributed by atoms with Crippen molar-refractivity contribution in [2.45, 2.75) is 43.5 Å². The summed E-state index contributed by atoms with van der Waals surface area (Å²) < 4.78 is 63.9. The molecule has 0 spiro atoms. The second-order valence-electron chi connectivity index (χ2n) is 12.5. The number of halogens is 3. The molecule has 3 atom stereocenters. The fourth-order valence-corrected chi connectivity index (χ4v) is 7.59. The first-order chi connectivity index (χ1) is 22.4. The highest BCUT2D eigenvalue weighted by Crippen LogP contribution is 2.41. The third kappa shape index (κ3) is 5.05. The van der Waals surface area contributed by atoms with Crippen LogP contribution in [0.1, 0.15) is 24.8 Å². The Morgan fingerprint density at radius 2 is 2.04 bits per heavy atom. The zero-order chi connectivity index (χ0) is 31.4. The minimum Gasteiger partial charge on any atom is -0.461 e. The number of anilines is 1. The highest BCUT2D eigenvalue weighted by Gasteiger charge is 2.49. The van der Waals surface area contributed by atoms with Crippen LogP contribution in [-0.2, 0) is 15.9 Å². The number of rotatable bonds is 3. The normalized spacial score (nSPS) is 25.1. The van der Waals surface area contributed by atoms with E-state index in [2.05, 4.69) is 20.2 Å². The van der Waals surface area contributed by atoms with Crippen LogP contribution in [0.15, 0.2) is 36.5 Å². The number of hydrogen-bond acceptors (Lipinski definition) is 10. The summed E-state index contributed by atoms with van der Waals surface area (Å²) in [7, 11) is 0. The first kappa shape index (κ1) is 29.2. The zero-order valence-corrected chi connectivity index (χ0v) is 25.1. The van der Waals surface area contributed by atoms with Crippen molar-refractivity contribution in [2.24, 2.45) is 0 Å². The Labute approximate surface area is 262 Å². The lowest BCUT2D eigenvalue weighted by Crippen LogP contribution is -2.43. The molecule has 1 unspecified atom stereocenters. The summed E-state index contributed by atoms with van der Waals surface area (Å²) >= 11 is 0. The van der Waals surface area contributed by atoms with Gasteiger partial charge in [-0.1, -0.05) is 24.3 Å². The number of carbonyl (C=O) groups is 1. The van der Waals surface area contributed by atoms with Crippen LogP contribution in [0, 0.1) is 11.6 Å². The van der Waals surface area contributed by atoms with E-state index in [9.17, 15) is 9.18 Å². The number of alkyl halides is 1. The third-order valence-electron chi connectivity index (χ3n) is 9.71. The van der Waals surface area contributed by atoms with Crippen molar-refractivity contribution in [3.05, 3.63) is 53.7 Å². The lowest BCUT2D eigenvalue weighted by molar-refractivity contribution is 0.0279. The van der Waals surface area contributed by atoms with Crippen molar-refractivity contribution in [2.75, 3.05) is 57.4 Å². The fraction of sp³-hybridized carbons (Fsp3) is 0.455. The monoisotopic (exact) mass is 634 g/mol. The molecule has 13 heteroatoms. The molecular formula is C33H33F3N6O4. The van der Waals surface area contributed by atoms with Gasteiger partial charge in [0.05, 0.1) is 24.1 Å². The van der Waals surface area contributed by atoms with Gasteiger partial charge in [-0.25, -0.2) is 18.0 Å². The summed E-state index contributed by atoms with van der Waals surface area (Å²) in [6, 6.07) is 8.18. The number of nitrogens with zero attached hydrogens (tertiary/aromatic N) is 5. The van der Waals surface area contributed by atoms with Gasteiger partial charge < -0.3 is 24.4 Å². The first-order valence-electron chi connectivity index (χ1n) is 15.8. The molecule has 2 aromatic carbocycles. The van der Waals surface area contributed by atoms with Crippen molar-refractivity contribution in [1.82, 2.24) is 25.2 Å². The molecule has 1 N–H and O–H groups in total. The molecule has 5 aliphatic rings. The Kier molecular flexibility index (Phi) is 7.32. The van der Waals surface area contributed by atoms with Crippen LogP contribution in [0.25, 0.3) is 32.9 Å². The van der Waals surface area contributed by atoms with E-state index in [4.69, 9.17) is 19.2 Å². The molecular weight excluding hydrogens is 601 g/mol. The Balaban J connectivity index is 1.30. The second kappa shape index (κ2) is 11.5. The maximum atomic E-state index is 16.8. The summed E-state index contributed by atoms with van der Waals surface area (Å²) in [5.74, 6) is -0.833. The summed E-state index contributed by atoms with van der Waals surface area (Å²) in [6.07, 6.45) is 1.26. The predicted molar refractivity (Wildman–Crippen MR) is 164 cm³/mol. The minimum atomic E-state index is -0.932.